The normalized spacial score (nSPS) is 12.6. The molecule has 0 spiro atoms. The molecule has 2 rings (SSSR count). The lowest BCUT2D eigenvalue weighted by molar-refractivity contribution is 0.509. The quantitative estimate of drug-likeness (QED) is 0.718. The van der Waals surface area contributed by atoms with Crippen LogP contribution in [0.4, 0.5) is 0 Å². The molecule has 2 heteroatoms. The average Bonchev–Trinajstić information content (AvgIpc) is 2.61. The second-order valence-electron chi connectivity index (χ2n) is 3.45. The van der Waals surface area contributed by atoms with Gasteiger partial charge in [0.05, 0.1) is 6.07 Å². The minimum atomic E-state index is 0.174. The van der Waals surface area contributed by atoms with E-state index in [1.165, 1.54) is 0 Å². The highest BCUT2D eigenvalue weighted by Gasteiger charge is 2.10. The SMILES string of the molecule is CC(CC#N)c1cc2ccccc2o1. The number of hydrogen-bond acceptors (Lipinski definition) is 2. The number of hydrogen-bond donors (Lipinski definition) is 0. The van der Waals surface area contributed by atoms with E-state index in [0.717, 1.165) is 16.7 Å². The Bertz CT molecular complexity index is 445. The maximum atomic E-state index is 8.58. The highest BCUT2D eigenvalue weighted by molar-refractivity contribution is 5.77. The molecule has 1 unspecified atom stereocenters. The van der Waals surface area contributed by atoms with Crippen molar-refractivity contribution in [2.45, 2.75) is 19.3 Å². The van der Waals surface area contributed by atoms with Crippen molar-refractivity contribution in [2.24, 2.45) is 0 Å². The van der Waals surface area contributed by atoms with Gasteiger partial charge in [-0.15, -0.1) is 0 Å². The molecule has 0 fully saturated rings. The van der Waals surface area contributed by atoms with Crippen LogP contribution in [-0.4, -0.2) is 0 Å². The summed E-state index contributed by atoms with van der Waals surface area (Å²) in [7, 11) is 0. The van der Waals surface area contributed by atoms with Crippen LogP contribution < -0.4 is 0 Å². The van der Waals surface area contributed by atoms with Crippen LogP contribution in [-0.2, 0) is 0 Å². The third-order valence-electron chi connectivity index (χ3n) is 2.33. The third-order valence-corrected chi connectivity index (χ3v) is 2.33. The first kappa shape index (κ1) is 8.83. The van der Waals surface area contributed by atoms with Gasteiger partial charge in [0.1, 0.15) is 11.3 Å². The molecule has 2 aromatic rings. The van der Waals surface area contributed by atoms with Gasteiger partial charge in [-0.2, -0.15) is 5.26 Å². The molecule has 0 N–H and O–H groups in total. The van der Waals surface area contributed by atoms with Crippen molar-refractivity contribution in [3.63, 3.8) is 0 Å². The maximum absolute atomic E-state index is 8.58. The fraction of sp³-hybridized carbons (Fsp3) is 0.250. The summed E-state index contributed by atoms with van der Waals surface area (Å²) in [4.78, 5) is 0. The van der Waals surface area contributed by atoms with Crippen molar-refractivity contribution in [1.29, 1.82) is 5.26 Å². The number of fused-ring (bicyclic) bond motifs is 1. The first-order valence-corrected chi connectivity index (χ1v) is 4.66. The summed E-state index contributed by atoms with van der Waals surface area (Å²) in [6.07, 6.45) is 0.500. The number of rotatable bonds is 2. The zero-order valence-electron chi connectivity index (χ0n) is 8.03. The van der Waals surface area contributed by atoms with Crippen LogP contribution >= 0.6 is 0 Å². The van der Waals surface area contributed by atoms with Crippen molar-refractivity contribution >= 4 is 11.0 Å². The highest BCUT2D eigenvalue weighted by Crippen LogP contribution is 2.26. The first-order chi connectivity index (χ1) is 6.81. The van der Waals surface area contributed by atoms with E-state index < -0.39 is 0 Å². The Morgan fingerprint density at radius 2 is 2.21 bits per heavy atom. The molecular weight excluding hydrogens is 174 g/mol. The van der Waals surface area contributed by atoms with Crippen LogP contribution in [0.5, 0.6) is 0 Å². The summed E-state index contributed by atoms with van der Waals surface area (Å²) in [6, 6.07) is 12.1. The molecule has 0 aliphatic heterocycles. The lowest BCUT2D eigenvalue weighted by atomic mass is 10.1. The van der Waals surface area contributed by atoms with Crippen LogP contribution in [0.2, 0.25) is 0 Å². The van der Waals surface area contributed by atoms with E-state index >= 15 is 0 Å². The van der Waals surface area contributed by atoms with Gasteiger partial charge in [-0.1, -0.05) is 25.1 Å². The topological polar surface area (TPSA) is 36.9 Å². The molecule has 14 heavy (non-hydrogen) atoms. The lowest BCUT2D eigenvalue weighted by Gasteiger charge is -2.00. The van der Waals surface area contributed by atoms with Gasteiger partial charge in [0.15, 0.2) is 0 Å². The van der Waals surface area contributed by atoms with Crippen molar-refractivity contribution in [3.8, 4) is 6.07 Å². The Morgan fingerprint density at radius 1 is 1.43 bits per heavy atom. The Labute approximate surface area is 82.8 Å². The highest BCUT2D eigenvalue weighted by atomic mass is 16.3. The molecule has 1 aromatic heterocycles. The number of nitrogens with zero attached hydrogens (tertiary/aromatic N) is 1. The Balaban J connectivity index is 2.41. The van der Waals surface area contributed by atoms with Crippen molar-refractivity contribution < 1.29 is 4.42 Å². The van der Waals surface area contributed by atoms with E-state index in [-0.39, 0.29) is 5.92 Å². The largest absolute Gasteiger partial charge is 0.461 e. The molecule has 0 saturated carbocycles. The van der Waals surface area contributed by atoms with Gasteiger partial charge in [0.2, 0.25) is 0 Å². The number of para-hydroxylation sites is 1. The van der Waals surface area contributed by atoms with E-state index in [1.54, 1.807) is 0 Å². The summed E-state index contributed by atoms with van der Waals surface area (Å²) in [5.41, 5.74) is 0.896. The zero-order chi connectivity index (χ0) is 9.97. The third kappa shape index (κ3) is 1.49. The monoisotopic (exact) mass is 185 g/mol. The predicted octanol–water partition coefficient (Wildman–Crippen LogP) is 3.45. The lowest BCUT2D eigenvalue weighted by Crippen LogP contribution is -1.87. The first-order valence-electron chi connectivity index (χ1n) is 4.66. The van der Waals surface area contributed by atoms with E-state index in [4.69, 9.17) is 9.68 Å². The Kier molecular flexibility index (Phi) is 2.24. The van der Waals surface area contributed by atoms with Gasteiger partial charge < -0.3 is 4.42 Å². The van der Waals surface area contributed by atoms with Gasteiger partial charge in [0.25, 0.3) is 0 Å². The Morgan fingerprint density at radius 3 is 2.93 bits per heavy atom. The van der Waals surface area contributed by atoms with Crippen LogP contribution in [0.25, 0.3) is 11.0 Å². The van der Waals surface area contributed by atoms with E-state index in [0.29, 0.717) is 6.42 Å². The number of furan rings is 1. The summed E-state index contributed by atoms with van der Waals surface area (Å²) in [5.74, 6) is 1.07. The van der Waals surface area contributed by atoms with Crippen LogP contribution in [0.1, 0.15) is 25.0 Å². The van der Waals surface area contributed by atoms with Gasteiger partial charge >= 0.3 is 0 Å². The molecule has 1 atom stereocenters. The summed E-state index contributed by atoms with van der Waals surface area (Å²) >= 11 is 0. The molecule has 0 bridgehead atoms. The van der Waals surface area contributed by atoms with Crippen LogP contribution in [0, 0.1) is 11.3 Å². The number of benzene rings is 1. The standard InChI is InChI=1S/C12H11NO/c1-9(6-7-13)12-8-10-4-2-3-5-11(10)14-12/h2-5,8-9H,6H2,1H3. The van der Waals surface area contributed by atoms with Gasteiger partial charge in [0, 0.05) is 17.7 Å². The average molecular weight is 185 g/mol. The van der Waals surface area contributed by atoms with Gasteiger partial charge in [-0.25, -0.2) is 0 Å². The maximum Gasteiger partial charge on any atom is 0.134 e. The van der Waals surface area contributed by atoms with E-state index in [2.05, 4.69) is 6.07 Å². The smallest absolute Gasteiger partial charge is 0.134 e. The molecule has 70 valence electrons. The molecule has 0 aliphatic rings. The van der Waals surface area contributed by atoms with Gasteiger partial charge in [-0.05, 0) is 12.1 Å². The molecule has 1 aromatic carbocycles. The van der Waals surface area contributed by atoms with Crippen molar-refractivity contribution in [3.05, 3.63) is 36.1 Å². The second-order valence-corrected chi connectivity index (χ2v) is 3.45. The minimum absolute atomic E-state index is 0.174. The fourth-order valence-electron chi connectivity index (χ4n) is 1.48. The molecule has 0 saturated heterocycles. The molecular formula is C12H11NO. The second kappa shape index (κ2) is 3.55. The fourth-order valence-corrected chi connectivity index (χ4v) is 1.48. The summed E-state index contributed by atoms with van der Waals surface area (Å²) in [5, 5.41) is 9.69. The predicted molar refractivity (Wildman–Crippen MR) is 54.9 cm³/mol. The van der Waals surface area contributed by atoms with Gasteiger partial charge in [-0.3, -0.25) is 0 Å². The van der Waals surface area contributed by atoms with Crippen LogP contribution in [0.15, 0.2) is 34.7 Å². The van der Waals surface area contributed by atoms with Crippen LogP contribution in [0.3, 0.4) is 0 Å². The summed E-state index contributed by atoms with van der Waals surface area (Å²) in [6.45, 7) is 2.00. The van der Waals surface area contributed by atoms with Crippen molar-refractivity contribution in [2.75, 3.05) is 0 Å². The van der Waals surface area contributed by atoms with E-state index in [1.807, 2.05) is 37.3 Å². The molecule has 0 aliphatic carbocycles. The minimum Gasteiger partial charge on any atom is -0.461 e. The molecule has 2 nitrogen and oxygen atoms in total. The zero-order valence-corrected chi connectivity index (χ0v) is 8.03. The Hall–Kier alpha value is -1.75. The van der Waals surface area contributed by atoms with Crippen molar-refractivity contribution in [1.82, 2.24) is 0 Å². The molecule has 0 radical (unpaired) electrons. The molecule has 1 heterocycles. The van der Waals surface area contributed by atoms with E-state index in [9.17, 15) is 0 Å². The number of nitriles is 1. The summed E-state index contributed by atoms with van der Waals surface area (Å²) < 4.78 is 5.63. The molecule has 0 amide bonds.